The van der Waals surface area contributed by atoms with E-state index >= 15 is 0 Å². The Bertz CT molecular complexity index is 1180. The highest BCUT2D eigenvalue weighted by Gasteiger charge is 2.19. The predicted molar refractivity (Wildman–Crippen MR) is 125 cm³/mol. The minimum absolute atomic E-state index is 0.0159. The van der Waals surface area contributed by atoms with Gasteiger partial charge in [-0.1, -0.05) is 24.3 Å². The number of non-ortho nitro benzene ring substituents is 1. The fourth-order valence-corrected chi connectivity index (χ4v) is 2.52. The molecule has 3 aromatic rings. The van der Waals surface area contributed by atoms with Crippen molar-refractivity contribution in [2.75, 3.05) is 5.43 Å². The van der Waals surface area contributed by atoms with Crippen LogP contribution in [-0.2, 0) is 0 Å². The first-order chi connectivity index (χ1) is 16.0. The number of benzene rings is 1. The number of furan rings is 2. The highest BCUT2D eigenvalue weighted by Crippen LogP contribution is 2.28. The van der Waals surface area contributed by atoms with Crippen LogP contribution in [0.4, 0.5) is 17.1 Å². The van der Waals surface area contributed by atoms with Gasteiger partial charge in [0.2, 0.25) is 0 Å². The van der Waals surface area contributed by atoms with Gasteiger partial charge in [-0.25, -0.2) is 0 Å². The molecule has 0 aliphatic heterocycles. The van der Waals surface area contributed by atoms with Gasteiger partial charge in [0.25, 0.3) is 5.69 Å². The van der Waals surface area contributed by atoms with Crippen molar-refractivity contribution in [2.24, 2.45) is 5.10 Å². The van der Waals surface area contributed by atoms with Gasteiger partial charge in [0.15, 0.2) is 0 Å². The number of rotatable bonds is 10. The number of hydrogen-bond donors (Lipinski definition) is 1. The zero-order valence-electron chi connectivity index (χ0n) is 17.1. The molecular weight excluding hydrogens is 428 g/mol. The van der Waals surface area contributed by atoms with Crippen molar-refractivity contribution in [1.29, 1.82) is 0 Å². The molecule has 0 fully saturated rings. The van der Waals surface area contributed by atoms with Crippen molar-refractivity contribution in [3.63, 3.8) is 0 Å². The third kappa shape index (κ3) is 7.03. The number of hydrogen-bond acceptors (Lipinski definition) is 8. The van der Waals surface area contributed by atoms with E-state index in [0.29, 0.717) is 17.2 Å². The molecule has 0 aliphatic carbocycles. The largest absolute Gasteiger partial charge is 0.465 e. The Morgan fingerprint density at radius 3 is 1.94 bits per heavy atom. The quantitative estimate of drug-likeness (QED) is 0.175. The molecule has 0 spiro atoms. The van der Waals surface area contributed by atoms with Crippen molar-refractivity contribution in [3.8, 4) is 0 Å². The highest BCUT2D eigenvalue weighted by molar-refractivity contribution is 6.04. The molecule has 2 aromatic heterocycles. The lowest BCUT2D eigenvalue weighted by Gasteiger charge is -2.03. The van der Waals surface area contributed by atoms with Gasteiger partial charge in [-0.3, -0.25) is 25.7 Å². The molecule has 0 atom stereocenters. The SMILES string of the molecule is O=[N+]([O-])c1ccc(NN=C(/C=C\C=C\c2ccco2)/C=C/C=C/c2ccco2)c([N+](=O)[O-])c1. The Hall–Kier alpha value is -4.99. The van der Waals surface area contributed by atoms with Crippen LogP contribution in [0.2, 0.25) is 0 Å². The Labute approximate surface area is 187 Å². The molecule has 0 amide bonds. The molecule has 0 bridgehead atoms. The number of nitrogens with one attached hydrogen (secondary N) is 1. The summed E-state index contributed by atoms with van der Waals surface area (Å²) in [6.07, 6.45) is 16.9. The van der Waals surface area contributed by atoms with Gasteiger partial charge in [0, 0.05) is 6.07 Å². The number of hydrazone groups is 1. The van der Waals surface area contributed by atoms with E-state index in [4.69, 9.17) is 8.83 Å². The molecule has 3 rings (SSSR count). The van der Waals surface area contributed by atoms with Gasteiger partial charge in [0.1, 0.15) is 17.2 Å². The second-order valence-corrected chi connectivity index (χ2v) is 6.33. The van der Waals surface area contributed by atoms with Gasteiger partial charge in [-0.05, 0) is 54.6 Å². The van der Waals surface area contributed by atoms with E-state index in [0.717, 1.165) is 12.1 Å². The molecule has 1 N–H and O–H groups in total. The third-order valence-electron chi connectivity index (χ3n) is 4.06. The van der Waals surface area contributed by atoms with Crippen LogP contribution in [0.25, 0.3) is 12.2 Å². The summed E-state index contributed by atoms with van der Waals surface area (Å²) in [7, 11) is 0. The Morgan fingerprint density at radius 2 is 1.45 bits per heavy atom. The van der Waals surface area contributed by atoms with E-state index in [1.54, 1.807) is 85.4 Å². The smallest absolute Gasteiger partial charge is 0.301 e. The molecule has 0 unspecified atom stereocenters. The summed E-state index contributed by atoms with van der Waals surface area (Å²) in [6, 6.07) is 10.4. The minimum atomic E-state index is -0.714. The van der Waals surface area contributed by atoms with E-state index in [9.17, 15) is 20.2 Å². The van der Waals surface area contributed by atoms with Crippen LogP contribution in [0.1, 0.15) is 11.5 Å². The van der Waals surface area contributed by atoms with E-state index in [1.807, 2.05) is 0 Å². The summed E-state index contributed by atoms with van der Waals surface area (Å²) in [6.45, 7) is 0. The molecule has 0 saturated carbocycles. The zero-order valence-corrected chi connectivity index (χ0v) is 17.1. The summed E-state index contributed by atoms with van der Waals surface area (Å²) < 4.78 is 10.4. The van der Waals surface area contributed by atoms with E-state index < -0.39 is 15.5 Å². The first-order valence-electron chi connectivity index (χ1n) is 9.56. The monoisotopic (exact) mass is 446 g/mol. The molecule has 10 heteroatoms. The maximum absolute atomic E-state index is 11.3. The van der Waals surface area contributed by atoms with E-state index in [-0.39, 0.29) is 11.4 Å². The minimum Gasteiger partial charge on any atom is -0.465 e. The standard InChI is InChI=1S/C23H18N4O6/c28-26(29)19-13-14-22(23(17-19)27(30)31)25-24-18(7-1-3-9-20-11-5-15-32-20)8-2-4-10-21-12-6-16-33-21/h1-17,25H/b7-1-,8-2+,9-3+,10-4+,24-18?. The number of nitro groups is 2. The molecule has 33 heavy (non-hydrogen) atoms. The van der Waals surface area contributed by atoms with Crippen LogP contribution in [0, 0.1) is 20.2 Å². The lowest BCUT2D eigenvalue weighted by molar-refractivity contribution is -0.393. The summed E-state index contributed by atoms with van der Waals surface area (Å²) in [4.78, 5) is 20.8. The fraction of sp³-hybridized carbons (Fsp3) is 0. The van der Waals surface area contributed by atoms with Crippen LogP contribution >= 0.6 is 0 Å². The highest BCUT2D eigenvalue weighted by atomic mass is 16.6. The molecule has 1 aromatic carbocycles. The Kier molecular flexibility index (Phi) is 7.85. The van der Waals surface area contributed by atoms with Gasteiger partial charge < -0.3 is 8.83 Å². The van der Waals surface area contributed by atoms with Crippen molar-refractivity contribution in [1.82, 2.24) is 0 Å². The average molecular weight is 446 g/mol. The van der Waals surface area contributed by atoms with Crippen molar-refractivity contribution >= 4 is 34.9 Å². The number of anilines is 1. The van der Waals surface area contributed by atoms with Crippen LogP contribution in [-0.4, -0.2) is 15.6 Å². The maximum atomic E-state index is 11.3. The second-order valence-electron chi connectivity index (χ2n) is 6.33. The van der Waals surface area contributed by atoms with E-state index in [2.05, 4.69) is 10.5 Å². The lowest BCUT2D eigenvalue weighted by atomic mass is 10.2. The molecule has 10 nitrogen and oxygen atoms in total. The molecule has 2 heterocycles. The van der Waals surface area contributed by atoms with Gasteiger partial charge in [-0.15, -0.1) is 0 Å². The topological polar surface area (TPSA) is 137 Å². The van der Waals surface area contributed by atoms with E-state index in [1.165, 1.54) is 6.07 Å². The van der Waals surface area contributed by atoms with Crippen molar-refractivity contribution in [2.45, 2.75) is 0 Å². The third-order valence-corrected chi connectivity index (χ3v) is 4.06. The first-order valence-corrected chi connectivity index (χ1v) is 9.56. The number of nitrogens with zero attached hydrogens (tertiary/aromatic N) is 3. The predicted octanol–water partition coefficient (Wildman–Crippen LogP) is 6.00. The van der Waals surface area contributed by atoms with Crippen molar-refractivity contribution in [3.05, 3.63) is 123 Å². The first kappa shape index (κ1) is 22.7. The summed E-state index contributed by atoms with van der Waals surface area (Å²) in [5, 5.41) is 26.4. The average Bonchev–Trinajstić information content (AvgIpc) is 3.51. The molecule has 166 valence electrons. The van der Waals surface area contributed by atoms with Gasteiger partial charge in [-0.2, -0.15) is 5.10 Å². The molecule has 0 saturated heterocycles. The van der Waals surface area contributed by atoms with Crippen LogP contribution in [0.15, 0.2) is 105 Å². The number of allylic oxidation sites excluding steroid dienone is 6. The molecular formula is C23H18N4O6. The Balaban J connectivity index is 1.81. The fourth-order valence-electron chi connectivity index (χ4n) is 2.52. The normalized spacial score (nSPS) is 12.4. The summed E-state index contributed by atoms with van der Waals surface area (Å²) in [5.74, 6) is 1.35. The zero-order chi connectivity index (χ0) is 23.5. The van der Waals surface area contributed by atoms with Crippen LogP contribution < -0.4 is 5.43 Å². The van der Waals surface area contributed by atoms with Crippen LogP contribution in [0.5, 0.6) is 0 Å². The van der Waals surface area contributed by atoms with Gasteiger partial charge in [0.05, 0.1) is 34.2 Å². The van der Waals surface area contributed by atoms with Gasteiger partial charge >= 0.3 is 5.69 Å². The summed E-state index contributed by atoms with van der Waals surface area (Å²) in [5.41, 5.74) is 2.20. The number of nitro benzene ring substituents is 2. The van der Waals surface area contributed by atoms with Crippen molar-refractivity contribution < 1.29 is 18.7 Å². The molecule has 0 aliphatic rings. The maximum Gasteiger partial charge on any atom is 0.301 e. The van der Waals surface area contributed by atoms with Crippen LogP contribution in [0.3, 0.4) is 0 Å². The lowest BCUT2D eigenvalue weighted by Crippen LogP contribution is -2.00. The Morgan fingerprint density at radius 1 is 0.848 bits per heavy atom. The summed E-state index contributed by atoms with van der Waals surface area (Å²) >= 11 is 0. The molecule has 0 radical (unpaired) electrons. The second kappa shape index (κ2) is 11.4.